The van der Waals surface area contributed by atoms with Gasteiger partial charge in [-0.2, -0.15) is 13.2 Å². The number of ether oxygens (including phenoxy) is 1. The Kier molecular flexibility index (Phi) is 5.18. The molecule has 0 bridgehead atoms. The maximum Gasteiger partial charge on any atom is 0.416 e. The van der Waals surface area contributed by atoms with Gasteiger partial charge in [0.25, 0.3) is 0 Å². The Bertz CT molecular complexity index is 1020. The molecule has 3 aliphatic rings. The fourth-order valence-electron chi connectivity index (χ4n) is 4.95. The molecule has 8 heteroatoms. The third kappa shape index (κ3) is 3.87. The summed E-state index contributed by atoms with van der Waals surface area (Å²) >= 11 is 0. The Morgan fingerprint density at radius 2 is 1.88 bits per heavy atom. The molecule has 2 atom stereocenters. The molecule has 2 heterocycles. The summed E-state index contributed by atoms with van der Waals surface area (Å²) < 4.78 is 45.5. The molecule has 0 unspecified atom stereocenters. The second-order valence-electron chi connectivity index (χ2n) is 8.81. The number of fused-ring (bicyclic) bond motifs is 3. The molecule has 1 amide bonds. The minimum Gasteiger partial charge on any atom is -0.495 e. The second kappa shape index (κ2) is 7.90. The fourth-order valence-corrected chi connectivity index (χ4v) is 4.95. The number of hydrogen-bond acceptors (Lipinski definition) is 4. The lowest BCUT2D eigenvalue weighted by Gasteiger charge is -2.50. The summed E-state index contributed by atoms with van der Waals surface area (Å²) in [6, 6.07) is 11.8. The molecule has 1 saturated heterocycles. The van der Waals surface area contributed by atoms with E-state index in [0.717, 1.165) is 36.0 Å². The van der Waals surface area contributed by atoms with E-state index < -0.39 is 17.7 Å². The summed E-state index contributed by atoms with van der Waals surface area (Å²) in [5.41, 5.74) is 1.70. The van der Waals surface area contributed by atoms with E-state index in [-0.39, 0.29) is 18.0 Å². The topological polar surface area (TPSA) is 44.8 Å². The van der Waals surface area contributed by atoms with Gasteiger partial charge in [0.2, 0.25) is 5.91 Å². The number of methoxy groups -OCH3 is 1. The van der Waals surface area contributed by atoms with E-state index in [1.165, 1.54) is 6.07 Å². The summed E-state index contributed by atoms with van der Waals surface area (Å²) in [7, 11) is 1.63. The van der Waals surface area contributed by atoms with Gasteiger partial charge < -0.3 is 19.9 Å². The van der Waals surface area contributed by atoms with E-state index in [1.807, 2.05) is 24.3 Å². The van der Waals surface area contributed by atoms with Crippen LogP contribution in [-0.4, -0.2) is 44.7 Å². The zero-order chi connectivity index (χ0) is 22.5. The van der Waals surface area contributed by atoms with Gasteiger partial charge in [-0.15, -0.1) is 0 Å². The number of benzene rings is 2. The number of carbonyl (C=O) groups is 1. The smallest absolute Gasteiger partial charge is 0.416 e. The highest BCUT2D eigenvalue weighted by molar-refractivity contribution is 5.83. The minimum atomic E-state index is -4.40. The number of hydrogen-bond donors (Lipinski definition) is 1. The molecule has 1 N–H and O–H groups in total. The van der Waals surface area contributed by atoms with Crippen LogP contribution in [-0.2, 0) is 17.4 Å². The number of nitrogens with zero attached hydrogens (tertiary/aromatic N) is 2. The van der Waals surface area contributed by atoms with Gasteiger partial charge in [-0.25, -0.2) is 0 Å². The Morgan fingerprint density at radius 1 is 1.09 bits per heavy atom. The Hall–Kier alpha value is -2.90. The Morgan fingerprint density at radius 3 is 2.59 bits per heavy atom. The first kappa shape index (κ1) is 21.0. The number of nitrogens with one attached hydrogen (secondary N) is 1. The number of para-hydroxylation sites is 2. The monoisotopic (exact) mass is 445 g/mol. The van der Waals surface area contributed by atoms with Crippen LogP contribution < -0.4 is 19.9 Å². The minimum absolute atomic E-state index is 0.0626. The molecule has 1 aliphatic carbocycles. The van der Waals surface area contributed by atoms with Crippen molar-refractivity contribution in [2.24, 2.45) is 5.92 Å². The molecule has 32 heavy (non-hydrogen) atoms. The van der Waals surface area contributed by atoms with Gasteiger partial charge in [0.15, 0.2) is 0 Å². The highest BCUT2D eigenvalue weighted by Gasteiger charge is 2.44. The van der Waals surface area contributed by atoms with Crippen LogP contribution in [0.15, 0.2) is 42.5 Å². The van der Waals surface area contributed by atoms with Crippen molar-refractivity contribution in [3.63, 3.8) is 0 Å². The average Bonchev–Trinajstić information content (AvgIpc) is 3.61. The molecular formula is C24H26F3N3O2. The van der Waals surface area contributed by atoms with Crippen molar-refractivity contribution in [1.29, 1.82) is 0 Å². The largest absolute Gasteiger partial charge is 0.495 e. The molecule has 5 nitrogen and oxygen atoms in total. The highest BCUT2D eigenvalue weighted by atomic mass is 19.4. The second-order valence-corrected chi connectivity index (χ2v) is 8.81. The van der Waals surface area contributed by atoms with Crippen LogP contribution in [0.25, 0.3) is 0 Å². The molecule has 0 aromatic heterocycles. The maximum absolute atomic E-state index is 13.3. The summed E-state index contributed by atoms with van der Waals surface area (Å²) in [4.78, 5) is 17.5. The lowest BCUT2D eigenvalue weighted by Crippen LogP contribution is -2.61. The highest BCUT2D eigenvalue weighted by Crippen LogP contribution is 2.41. The van der Waals surface area contributed by atoms with E-state index in [0.29, 0.717) is 31.6 Å². The van der Waals surface area contributed by atoms with Crippen molar-refractivity contribution in [2.75, 3.05) is 36.5 Å². The van der Waals surface area contributed by atoms with Gasteiger partial charge in [-0.1, -0.05) is 12.1 Å². The van der Waals surface area contributed by atoms with Crippen molar-refractivity contribution in [3.05, 3.63) is 53.6 Å². The van der Waals surface area contributed by atoms with Gasteiger partial charge in [-0.05, 0) is 55.2 Å². The number of alkyl halides is 3. The first-order valence-corrected chi connectivity index (χ1v) is 11.0. The molecule has 2 fully saturated rings. The van der Waals surface area contributed by atoms with E-state index in [1.54, 1.807) is 13.2 Å². The molecule has 1 saturated carbocycles. The number of halogens is 3. The van der Waals surface area contributed by atoms with Crippen LogP contribution in [0, 0.1) is 5.92 Å². The number of rotatable bonds is 4. The van der Waals surface area contributed by atoms with Gasteiger partial charge >= 0.3 is 6.18 Å². The molecule has 2 aromatic rings. The van der Waals surface area contributed by atoms with Crippen LogP contribution in [0.1, 0.15) is 24.0 Å². The number of carbonyl (C=O) groups excluding carboxylic acids is 1. The molecule has 2 aromatic carbocycles. The standard InChI is InChI=1S/C24H26F3N3O2/c1-32-22-5-3-2-4-20(22)29-10-11-30-19-9-6-16(24(25,26)27)12-15(19)13-18(21(30)14-29)23(31)28-17-7-8-17/h2-6,9,12,17-18,21H,7-8,10-11,13-14H2,1H3,(H,28,31)/t18-,21-/m0/s1. The van der Waals surface area contributed by atoms with Crippen LogP contribution in [0.5, 0.6) is 5.75 Å². The van der Waals surface area contributed by atoms with E-state index in [2.05, 4.69) is 15.1 Å². The van der Waals surface area contributed by atoms with Crippen molar-refractivity contribution in [1.82, 2.24) is 5.32 Å². The summed E-state index contributed by atoms with van der Waals surface area (Å²) in [6.07, 6.45) is -2.16. The van der Waals surface area contributed by atoms with Crippen LogP contribution in [0.2, 0.25) is 0 Å². The number of piperazine rings is 1. The van der Waals surface area contributed by atoms with Gasteiger partial charge in [0.05, 0.1) is 30.3 Å². The normalized spacial score (nSPS) is 22.8. The third-order valence-electron chi connectivity index (χ3n) is 6.73. The van der Waals surface area contributed by atoms with Crippen molar-refractivity contribution in [2.45, 2.75) is 37.5 Å². The predicted molar refractivity (Wildman–Crippen MR) is 116 cm³/mol. The SMILES string of the molecule is COc1ccccc1N1CCN2c3ccc(C(F)(F)F)cc3C[C@H](C(=O)NC3CC3)[C@@H]2C1. The summed E-state index contributed by atoms with van der Waals surface area (Å²) in [5, 5.41) is 3.08. The molecule has 2 aliphatic heterocycles. The van der Waals surface area contributed by atoms with Gasteiger partial charge in [0.1, 0.15) is 5.75 Å². The van der Waals surface area contributed by atoms with Gasteiger partial charge in [-0.3, -0.25) is 4.79 Å². The maximum atomic E-state index is 13.3. The van der Waals surface area contributed by atoms with Crippen molar-refractivity contribution >= 4 is 17.3 Å². The van der Waals surface area contributed by atoms with Crippen LogP contribution in [0.3, 0.4) is 0 Å². The lowest BCUT2D eigenvalue weighted by molar-refractivity contribution is -0.137. The van der Waals surface area contributed by atoms with E-state index >= 15 is 0 Å². The lowest BCUT2D eigenvalue weighted by atomic mass is 9.82. The molecule has 0 spiro atoms. The average molecular weight is 445 g/mol. The molecule has 5 rings (SSSR count). The molecule has 0 radical (unpaired) electrons. The zero-order valence-corrected chi connectivity index (χ0v) is 17.9. The quantitative estimate of drug-likeness (QED) is 0.777. The first-order chi connectivity index (χ1) is 15.3. The predicted octanol–water partition coefficient (Wildman–Crippen LogP) is 3.86. The van der Waals surface area contributed by atoms with E-state index in [9.17, 15) is 18.0 Å². The van der Waals surface area contributed by atoms with E-state index in [4.69, 9.17) is 4.74 Å². The van der Waals surface area contributed by atoms with Crippen molar-refractivity contribution < 1.29 is 22.7 Å². The Balaban J connectivity index is 1.49. The summed E-state index contributed by atoms with van der Waals surface area (Å²) in [5.74, 6) is 0.294. The fraction of sp³-hybridized carbons (Fsp3) is 0.458. The zero-order valence-electron chi connectivity index (χ0n) is 17.9. The van der Waals surface area contributed by atoms with Crippen LogP contribution >= 0.6 is 0 Å². The number of anilines is 2. The first-order valence-electron chi connectivity index (χ1n) is 11.0. The number of amides is 1. The summed E-state index contributed by atoms with van der Waals surface area (Å²) in [6.45, 7) is 1.91. The molecular weight excluding hydrogens is 419 g/mol. The Labute approximate surface area is 185 Å². The van der Waals surface area contributed by atoms with Gasteiger partial charge in [0, 0.05) is 31.4 Å². The molecule has 170 valence electrons. The van der Waals surface area contributed by atoms with Crippen LogP contribution in [0.4, 0.5) is 24.5 Å². The van der Waals surface area contributed by atoms with Crippen molar-refractivity contribution in [3.8, 4) is 5.75 Å². The third-order valence-corrected chi connectivity index (χ3v) is 6.73.